The van der Waals surface area contributed by atoms with E-state index in [1.54, 1.807) is 0 Å². The fourth-order valence-electron chi connectivity index (χ4n) is 4.60. The fourth-order valence-corrected chi connectivity index (χ4v) is 5.94. The van der Waals surface area contributed by atoms with Crippen molar-refractivity contribution < 1.29 is 28.2 Å². The van der Waals surface area contributed by atoms with Gasteiger partial charge < -0.3 is 15.1 Å². The minimum Gasteiger partial charge on any atom is -0.481 e. The van der Waals surface area contributed by atoms with Crippen LogP contribution in [0.5, 0.6) is 0 Å². The topological polar surface area (TPSA) is 127 Å². The minimum atomic E-state index is -3.84. The smallest absolute Gasteiger partial charge is 0.321 e. The van der Waals surface area contributed by atoms with Crippen molar-refractivity contribution in [3.8, 4) is 0 Å². The average molecular weight is 540 g/mol. The molecule has 0 amide bonds. The van der Waals surface area contributed by atoms with E-state index in [-0.39, 0.29) is 19.5 Å². The molecule has 1 unspecified atom stereocenters. The van der Waals surface area contributed by atoms with Gasteiger partial charge in [0.15, 0.2) is 0 Å². The van der Waals surface area contributed by atoms with Gasteiger partial charge in [0.2, 0.25) is 0 Å². The zero-order valence-corrected chi connectivity index (χ0v) is 22.2. The highest BCUT2D eigenvalue weighted by Gasteiger charge is 2.29. The molecule has 0 aromatic heterocycles. The third kappa shape index (κ3) is 7.09. The summed E-state index contributed by atoms with van der Waals surface area (Å²) >= 11 is 0. The van der Waals surface area contributed by atoms with Crippen LogP contribution in [0.1, 0.15) is 30.0 Å². The summed E-state index contributed by atoms with van der Waals surface area (Å²) in [5.41, 5.74) is 4.51. The number of nitrogens with zero attached hydrogens (tertiary/aromatic N) is 2. The number of rotatable bonds is 11. The highest BCUT2D eigenvalue weighted by Crippen LogP contribution is 2.22. The lowest BCUT2D eigenvalue weighted by molar-refractivity contribution is -0.139. The van der Waals surface area contributed by atoms with Crippen molar-refractivity contribution in [1.29, 1.82) is 0 Å². The van der Waals surface area contributed by atoms with Crippen molar-refractivity contribution in [3.05, 3.63) is 77.4 Å². The van der Waals surface area contributed by atoms with Crippen LogP contribution < -0.4 is 9.62 Å². The molecule has 0 bridgehead atoms. The Morgan fingerprint density at radius 2 is 1.34 bits per heavy atom. The molecule has 1 aliphatic rings. The molecule has 1 fully saturated rings. The quantitative estimate of drug-likeness (QED) is 0.342. The second kappa shape index (κ2) is 11.9. The van der Waals surface area contributed by atoms with E-state index in [0.29, 0.717) is 19.5 Å². The summed E-state index contributed by atoms with van der Waals surface area (Å²) in [7, 11) is -3.84. The first-order valence-electron chi connectivity index (χ1n) is 12.7. The van der Waals surface area contributed by atoms with Gasteiger partial charge in [-0.3, -0.25) is 9.59 Å². The van der Waals surface area contributed by atoms with E-state index in [4.69, 9.17) is 10.2 Å². The van der Waals surface area contributed by atoms with Crippen molar-refractivity contribution in [2.24, 2.45) is 0 Å². The summed E-state index contributed by atoms with van der Waals surface area (Å²) in [6.07, 6.45) is 2.45. The number of aliphatic carboxylic acids is 2. The molecule has 10 heteroatoms. The summed E-state index contributed by atoms with van der Waals surface area (Å²) in [6, 6.07) is 19.7. The lowest BCUT2D eigenvalue weighted by Gasteiger charge is -2.35. The van der Waals surface area contributed by atoms with E-state index in [0.717, 1.165) is 34.9 Å². The first kappa shape index (κ1) is 27.6. The Hall–Kier alpha value is -3.47. The zero-order chi connectivity index (χ0) is 27.3. The Morgan fingerprint density at radius 3 is 1.89 bits per heavy atom. The third-order valence-electron chi connectivity index (χ3n) is 6.88. The number of benzene rings is 3. The minimum absolute atomic E-state index is 0.131. The average Bonchev–Trinajstić information content (AvgIpc) is 2.90. The van der Waals surface area contributed by atoms with Crippen LogP contribution in [0.2, 0.25) is 0 Å². The molecule has 1 saturated heterocycles. The summed E-state index contributed by atoms with van der Waals surface area (Å²) in [6.45, 7) is 2.92. The highest BCUT2D eigenvalue weighted by molar-refractivity contribution is 7.87. The van der Waals surface area contributed by atoms with Crippen LogP contribution >= 0.6 is 0 Å². The summed E-state index contributed by atoms with van der Waals surface area (Å²) in [5.74, 6) is -2.00. The maximum Gasteiger partial charge on any atom is 0.321 e. The number of carboxylic acids is 2. The van der Waals surface area contributed by atoms with Gasteiger partial charge in [-0.25, -0.2) is 0 Å². The van der Waals surface area contributed by atoms with Crippen LogP contribution in [0.15, 0.2) is 60.7 Å². The van der Waals surface area contributed by atoms with Gasteiger partial charge in [-0.15, -0.1) is 0 Å². The molecule has 0 saturated carbocycles. The molecule has 0 aliphatic carbocycles. The fraction of sp³-hybridized carbons (Fsp3) is 0.357. The molecular weight excluding hydrogens is 506 g/mol. The summed E-state index contributed by atoms with van der Waals surface area (Å²) in [5, 5.41) is 20.1. The number of nitrogens with one attached hydrogen (secondary N) is 1. The lowest BCUT2D eigenvalue weighted by atomic mass is 9.99. The van der Waals surface area contributed by atoms with Gasteiger partial charge in [0.25, 0.3) is 10.2 Å². The first-order chi connectivity index (χ1) is 18.1. The summed E-state index contributed by atoms with van der Waals surface area (Å²) < 4.78 is 28.3. The van der Waals surface area contributed by atoms with Crippen molar-refractivity contribution in [2.75, 3.05) is 31.1 Å². The molecule has 1 aliphatic heterocycles. The van der Waals surface area contributed by atoms with Gasteiger partial charge in [0.05, 0.1) is 0 Å². The molecule has 202 valence electrons. The Balaban J connectivity index is 1.29. The Morgan fingerprint density at radius 1 is 0.816 bits per heavy atom. The molecule has 0 radical (unpaired) electrons. The maximum atomic E-state index is 12.4. The van der Waals surface area contributed by atoms with Crippen LogP contribution in [-0.2, 0) is 39.1 Å². The number of hydrogen-bond donors (Lipinski definition) is 3. The predicted molar refractivity (Wildman–Crippen MR) is 147 cm³/mol. The maximum absolute atomic E-state index is 12.4. The van der Waals surface area contributed by atoms with Gasteiger partial charge >= 0.3 is 11.9 Å². The van der Waals surface area contributed by atoms with Gasteiger partial charge in [-0.2, -0.15) is 17.4 Å². The highest BCUT2D eigenvalue weighted by atomic mass is 32.2. The monoisotopic (exact) mass is 539 g/mol. The van der Waals surface area contributed by atoms with Crippen LogP contribution in [0.3, 0.4) is 0 Å². The van der Waals surface area contributed by atoms with E-state index >= 15 is 0 Å². The van der Waals surface area contributed by atoms with E-state index < -0.39 is 28.2 Å². The van der Waals surface area contributed by atoms with E-state index in [1.807, 2.05) is 6.07 Å². The van der Waals surface area contributed by atoms with Gasteiger partial charge in [-0.05, 0) is 65.8 Å². The van der Waals surface area contributed by atoms with Gasteiger partial charge in [-0.1, -0.05) is 48.5 Å². The zero-order valence-electron chi connectivity index (χ0n) is 21.3. The predicted octanol–water partition coefficient (Wildman–Crippen LogP) is 3.07. The van der Waals surface area contributed by atoms with Gasteiger partial charge in [0, 0.05) is 38.3 Å². The van der Waals surface area contributed by atoms with E-state index in [9.17, 15) is 18.0 Å². The molecule has 1 heterocycles. The van der Waals surface area contributed by atoms with Gasteiger partial charge in [0.1, 0.15) is 6.04 Å². The second-order valence-electron chi connectivity index (χ2n) is 9.64. The lowest BCUT2D eigenvalue weighted by Crippen LogP contribution is -2.54. The number of piperazine rings is 1. The Kier molecular flexibility index (Phi) is 8.65. The first-order valence-corrected chi connectivity index (χ1v) is 14.1. The van der Waals surface area contributed by atoms with Crippen LogP contribution in [0.25, 0.3) is 10.8 Å². The van der Waals surface area contributed by atoms with Crippen molar-refractivity contribution in [1.82, 2.24) is 9.03 Å². The molecule has 1 atom stereocenters. The number of hydrogen-bond acceptors (Lipinski definition) is 5. The normalized spacial score (nSPS) is 15.4. The number of anilines is 1. The van der Waals surface area contributed by atoms with E-state index in [2.05, 4.69) is 64.2 Å². The number of carboxylic acid groups (broad SMARTS) is 2. The van der Waals surface area contributed by atoms with Crippen molar-refractivity contribution in [3.63, 3.8) is 0 Å². The van der Waals surface area contributed by atoms with E-state index in [1.165, 1.54) is 22.4 Å². The standard InChI is InChI=1S/C28H33N3O6S/c1-20(28(34)35)29-38(36,37)31-16-14-30(15-17-31)26-11-6-21(7-12-26)2-3-22-4-9-25-19-23(8-13-27(32)33)5-10-24(25)18-22/h4-7,9-12,18-20,29H,2-3,8,13-17H2,1H3,(H,32,33)(H,34,35). The molecule has 4 rings (SSSR count). The molecule has 3 N–H and O–H groups in total. The third-order valence-corrected chi connectivity index (χ3v) is 8.57. The number of fused-ring (bicyclic) bond motifs is 1. The molecule has 3 aromatic rings. The molecule has 0 spiro atoms. The Bertz CT molecular complexity index is 1400. The van der Waals surface area contributed by atoms with Crippen molar-refractivity contribution in [2.45, 2.75) is 38.6 Å². The van der Waals surface area contributed by atoms with Crippen LogP contribution in [-0.4, -0.2) is 67.1 Å². The SMILES string of the molecule is CC(NS(=O)(=O)N1CCN(c2ccc(CCc3ccc4cc(CCC(=O)O)ccc4c3)cc2)CC1)C(=O)O. The van der Waals surface area contributed by atoms with Crippen LogP contribution in [0, 0.1) is 0 Å². The number of carbonyl (C=O) groups is 2. The number of aryl methyl sites for hydroxylation is 3. The molecule has 9 nitrogen and oxygen atoms in total. The molecule has 3 aromatic carbocycles. The molecule has 38 heavy (non-hydrogen) atoms. The largest absolute Gasteiger partial charge is 0.481 e. The Labute approximate surface area is 222 Å². The summed E-state index contributed by atoms with van der Waals surface area (Å²) in [4.78, 5) is 23.9. The van der Waals surface area contributed by atoms with Crippen LogP contribution in [0.4, 0.5) is 5.69 Å². The second-order valence-corrected chi connectivity index (χ2v) is 11.3. The molecular formula is C28H33N3O6S. The van der Waals surface area contributed by atoms with Crippen molar-refractivity contribution >= 4 is 38.6 Å².